The highest BCUT2D eigenvalue weighted by Gasteiger charge is 2.20. The molecule has 29 heavy (non-hydrogen) atoms. The van der Waals surface area contributed by atoms with E-state index in [0.717, 1.165) is 51.3 Å². The molecule has 0 spiro atoms. The first kappa shape index (κ1) is 18.4. The number of aryl methyl sites for hydroxylation is 2. The van der Waals surface area contributed by atoms with Crippen molar-refractivity contribution in [3.63, 3.8) is 0 Å². The van der Waals surface area contributed by atoms with E-state index in [2.05, 4.69) is 38.4 Å². The van der Waals surface area contributed by atoms with Crippen LogP contribution in [0.2, 0.25) is 0 Å². The Labute approximate surface area is 177 Å². The summed E-state index contributed by atoms with van der Waals surface area (Å²) in [6.07, 6.45) is 3.83. The van der Waals surface area contributed by atoms with Crippen LogP contribution in [0.15, 0.2) is 47.1 Å². The summed E-state index contributed by atoms with van der Waals surface area (Å²) in [5.74, 6) is 2.12. The van der Waals surface area contributed by atoms with Gasteiger partial charge in [-0.15, -0.1) is 0 Å². The van der Waals surface area contributed by atoms with Gasteiger partial charge in [-0.25, -0.2) is 9.97 Å². The fraction of sp³-hybridized carbons (Fsp3) is 0.273. The minimum Gasteiger partial charge on any atom is -0.491 e. The molecule has 1 N–H and O–H groups in total. The summed E-state index contributed by atoms with van der Waals surface area (Å²) in [5.41, 5.74) is 5.37. The molecule has 148 valence electrons. The Hall–Kier alpha value is -2.64. The van der Waals surface area contributed by atoms with Crippen LogP contribution < -0.4 is 14.8 Å². The lowest BCUT2D eigenvalue weighted by Gasteiger charge is -2.20. The molecule has 6 nitrogen and oxygen atoms in total. The first-order valence-corrected chi connectivity index (χ1v) is 10.4. The molecule has 2 aliphatic rings. The van der Waals surface area contributed by atoms with Gasteiger partial charge in [0.1, 0.15) is 24.7 Å². The molecule has 1 aromatic heterocycles. The Kier molecular flexibility index (Phi) is 5.08. The molecule has 6 bridgehead atoms. The van der Waals surface area contributed by atoms with Gasteiger partial charge >= 0.3 is 0 Å². The van der Waals surface area contributed by atoms with Gasteiger partial charge < -0.3 is 19.5 Å². The molecule has 2 aromatic carbocycles. The molecule has 0 radical (unpaired) electrons. The summed E-state index contributed by atoms with van der Waals surface area (Å²) in [6, 6.07) is 12.1. The smallest absolute Gasteiger partial charge is 0.227 e. The SMILES string of the molecule is Brc1ccc2cc1OCCOCCOc1ccc3c(c1)-c1nc(ncc1CC3)N2. The minimum atomic E-state index is 0.455. The molecule has 0 unspecified atom stereocenters. The number of nitrogens with zero attached hydrogens (tertiary/aromatic N) is 2. The van der Waals surface area contributed by atoms with E-state index >= 15 is 0 Å². The first-order valence-electron chi connectivity index (χ1n) is 9.65. The van der Waals surface area contributed by atoms with Gasteiger partial charge in [0.25, 0.3) is 0 Å². The molecular formula is C22H20BrN3O3. The lowest BCUT2D eigenvalue weighted by Crippen LogP contribution is -2.12. The highest BCUT2D eigenvalue weighted by atomic mass is 79.9. The monoisotopic (exact) mass is 453 g/mol. The van der Waals surface area contributed by atoms with Crippen molar-refractivity contribution in [3.8, 4) is 22.8 Å². The van der Waals surface area contributed by atoms with Gasteiger partial charge in [-0.05, 0) is 64.2 Å². The number of nitrogens with one attached hydrogen (secondary N) is 1. The van der Waals surface area contributed by atoms with Crippen molar-refractivity contribution < 1.29 is 14.2 Å². The molecule has 2 heterocycles. The van der Waals surface area contributed by atoms with Crippen LogP contribution in [0.5, 0.6) is 11.5 Å². The average Bonchev–Trinajstić information content (AvgIpc) is 2.74. The molecule has 0 saturated heterocycles. The largest absolute Gasteiger partial charge is 0.491 e. The Morgan fingerprint density at radius 3 is 2.69 bits per heavy atom. The predicted molar refractivity (Wildman–Crippen MR) is 114 cm³/mol. The highest BCUT2D eigenvalue weighted by molar-refractivity contribution is 9.10. The minimum absolute atomic E-state index is 0.455. The Balaban J connectivity index is 1.55. The lowest BCUT2D eigenvalue weighted by molar-refractivity contribution is 0.0763. The van der Waals surface area contributed by atoms with E-state index in [4.69, 9.17) is 19.2 Å². The van der Waals surface area contributed by atoms with Crippen LogP contribution in [-0.4, -0.2) is 36.4 Å². The van der Waals surface area contributed by atoms with Crippen LogP contribution in [0.4, 0.5) is 11.6 Å². The predicted octanol–water partition coefficient (Wildman–Crippen LogP) is 4.54. The standard InChI is InChI=1S/C22H20BrN3O3/c23-19-6-4-16-11-20(19)29-10-8-27-7-9-28-17-5-3-14-1-2-15-13-24-22(25-16)26-21(15)18(14)12-17/h3-6,11-13H,1-2,7-10H2,(H,24,25,26). The van der Waals surface area contributed by atoms with Crippen LogP contribution >= 0.6 is 15.9 Å². The van der Waals surface area contributed by atoms with Gasteiger partial charge in [0.15, 0.2) is 0 Å². The zero-order valence-electron chi connectivity index (χ0n) is 15.8. The normalized spacial score (nSPS) is 15.6. The number of aromatic nitrogens is 2. The van der Waals surface area contributed by atoms with Crippen LogP contribution in [-0.2, 0) is 17.6 Å². The van der Waals surface area contributed by atoms with Crippen molar-refractivity contribution in [2.75, 3.05) is 31.7 Å². The average molecular weight is 454 g/mol. The fourth-order valence-corrected chi connectivity index (χ4v) is 3.95. The van der Waals surface area contributed by atoms with E-state index in [9.17, 15) is 0 Å². The second kappa shape index (κ2) is 8.00. The molecule has 7 heteroatoms. The number of fused-ring (bicyclic) bond motifs is 4. The van der Waals surface area contributed by atoms with Crippen molar-refractivity contribution in [3.05, 3.63) is 58.2 Å². The topological polar surface area (TPSA) is 65.5 Å². The maximum atomic E-state index is 5.89. The van der Waals surface area contributed by atoms with Gasteiger partial charge in [0.05, 0.1) is 23.4 Å². The Morgan fingerprint density at radius 2 is 1.76 bits per heavy atom. The third-order valence-electron chi connectivity index (χ3n) is 5.03. The molecule has 0 saturated carbocycles. The third kappa shape index (κ3) is 3.93. The van der Waals surface area contributed by atoms with E-state index in [0.29, 0.717) is 32.4 Å². The number of ether oxygens (including phenoxy) is 3. The number of benzene rings is 2. The summed E-state index contributed by atoms with van der Waals surface area (Å²) in [4.78, 5) is 9.34. The van der Waals surface area contributed by atoms with Crippen molar-refractivity contribution in [2.24, 2.45) is 0 Å². The summed E-state index contributed by atoms with van der Waals surface area (Å²) < 4.78 is 18.2. The summed E-state index contributed by atoms with van der Waals surface area (Å²) in [5, 5.41) is 3.30. The fourth-order valence-electron chi connectivity index (χ4n) is 3.59. The number of hydrogen-bond donors (Lipinski definition) is 1. The Bertz CT molecular complexity index is 1060. The maximum Gasteiger partial charge on any atom is 0.227 e. The number of hydrogen-bond acceptors (Lipinski definition) is 6. The van der Waals surface area contributed by atoms with E-state index in [-0.39, 0.29) is 0 Å². The van der Waals surface area contributed by atoms with Crippen LogP contribution in [0.3, 0.4) is 0 Å². The van der Waals surface area contributed by atoms with Gasteiger partial charge in [0, 0.05) is 23.5 Å². The molecule has 0 amide bonds. The first-order chi connectivity index (χ1) is 14.3. The van der Waals surface area contributed by atoms with Crippen molar-refractivity contribution in [1.29, 1.82) is 0 Å². The number of anilines is 2. The molecular weight excluding hydrogens is 434 g/mol. The van der Waals surface area contributed by atoms with Gasteiger partial charge in [-0.1, -0.05) is 6.07 Å². The van der Waals surface area contributed by atoms with Crippen molar-refractivity contribution >= 4 is 27.6 Å². The number of halogens is 1. The summed E-state index contributed by atoms with van der Waals surface area (Å²) in [7, 11) is 0. The molecule has 5 rings (SSSR count). The van der Waals surface area contributed by atoms with E-state index < -0.39 is 0 Å². The van der Waals surface area contributed by atoms with Gasteiger partial charge in [-0.2, -0.15) is 0 Å². The number of rotatable bonds is 0. The van der Waals surface area contributed by atoms with Crippen LogP contribution in [0, 0.1) is 0 Å². The van der Waals surface area contributed by atoms with Crippen molar-refractivity contribution in [1.82, 2.24) is 9.97 Å². The molecule has 3 aromatic rings. The molecule has 1 aliphatic heterocycles. The third-order valence-corrected chi connectivity index (χ3v) is 5.69. The Morgan fingerprint density at radius 1 is 0.897 bits per heavy atom. The quantitative estimate of drug-likeness (QED) is 0.538. The van der Waals surface area contributed by atoms with E-state index in [1.807, 2.05) is 30.5 Å². The van der Waals surface area contributed by atoms with Crippen molar-refractivity contribution in [2.45, 2.75) is 12.8 Å². The second-order valence-electron chi connectivity index (χ2n) is 6.97. The van der Waals surface area contributed by atoms with E-state index in [1.54, 1.807) is 0 Å². The van der Waals surface area contributed by atoms with Crippen LogP contribution in [0.1, 0.15) is 11.1 Å². The zero-order valence-corrected chi connectivity index (χ0v) is 17.4. The molecule has 0 atom stereocenters. The summed E-state index contributed by atoms with van der Waals surface area (Å²) in [6.45, 7) is 1.94. The zero-order chi connectivity index (χ0) is 19.6. The molecule has 0 fully saturated rings. The highest BCUT2D eigenvalue weighted by Crippen LogP contribution is 2.35. The van der Waals surface area contributed by atoms with Gasteiger partial charge in [0.2, 0.25) is 5.95 Å². The maximum absolute atomic E-state index is 5.89. The lowest BCUT2D eigenvalue weighted by atomic mass is 9.90. The van der Waals surface area contributed by atoms with Crippen LogP contribution in [0.25, 0.3) is 11.3 Å². The second-order valence-corrected chi connectivity index (χ2v) is 7.82. The van der Waals surface area contributed by atoms with E-state index in [1.165, 1.54) is 5.56 Å². The van der Waals surface area contributed by atoms with Gasteiger partial charge in [-0.3, -0.25) is 0 Å². The summed E-state index contributed by atoms with van der Waals surface area (Å²) >= 11 is 3.53. The molecule has 1 aliphatic carbocycles.